The van der Waals surface area contributed by atoms with Gasteiger partial charge in [-0.3, -0.25) is 9.59 Å². The van der Waals surface area contributed by atoms with Gasteiger partial charge in [0, 0.05) is 18.8 Å². The number of carboxylic acid groups (broad SMARTS) is 1. The van der Waals surface area contributed by atoms with E-state index in [-0.39, 0.29) is 12.5 Å². The summed E-state index contributed by atoms with van der Waals surface area (Å²) >= 11 is 0. The summed E-state index contributed by atoms with van der Waals surface area (Å²) in [6.07, 6.45) is 0. The summed E-state index contributed by atoms with van der Waals surface area (Å²) in [7, 11) is 0. The number of hydrogen-bond donors (Lipinski definition) is 1. The summed E-state index contributed by atoms with van der Waals surface area (Å²) in [6, 6.07) is 9.05. The summed E-state index contributed by atoms with van der Waals surface area (Å²) in [6.45, 7) is 4.02. The molecule has 0 saturated heterocycles. The molecule has 0 aliphatic carbocycles. The minimum atomic E-state index is -0.938. The van der Waals surface area contributed by atoms with Crippen molar-refractivity contribution in [2.24, 2.45) is 0 Å². The second kappa shape index (κ2) is 5.94. The molecular formula is C19H17N3O4. The van der Waals surface area contributed by atoms with Gasteiger partial charge in [-0.05, 0) is 31.0 Å². The largest absolute Gasteiger partial charge is 0.481 e. The first kappa shape index (κ1) is 16.3. The van der Waals surface area contributed by atoms with E-state index in [0.717, 1.165) is 11.1 Å². The zero-order valence-corrected chi connectivity index (χ0v) is 14.4. The second-order valence-corrected chi connectivity index (χ2v) is 6.53. The molecular weight excluding hydrogens is 334 g/mol. The number of aromatic nitrogens is 2. The van der Waals surface area contributed by atoms with Gasteiger partial charge in [0.15, 0.2) is 0 Å². The molecule has 0 spiro atoms. The number of amides is 1. The van der Waals surface area contributed by atoms with E-state index < -0.39 is 11.9 Å². The summed E-state index contributed by atoms with van der Waals surface area (Å²) in [5.74, 6) is -1.93. The summed E-state index contributed by atoms with van der Waals surface area (Å²) in [5.41, 5.74) is 3.60. The molecule has 7 heteroatoms. The summed E-state index contributed by atoms with van der Waals surface area (Å²) in [5, 5.41) is 14.1. The van der Waals surface area contributed by atoms with Crippen LogP contribution in [0.4, 0.5) is 0 Å². The fourth-order valence-corrected chi connectivity index (χ4v) is 3.53. The molecule has 2 aromatic heterocycles. The number of carboxylic acids is 1. The van der Waals surface area contributed by atoms with Gasteiger partial charge in [-0.25, -0.2) is 4.98 Å². The maximum atomic E-state index is 13.2. The normalized spacial score (nSPS) is 16.5. The van der Waals surface area contributed by atoms with Crippen LogP contribution in [-0.2, 0) is 11.3 Å². The Balaban J connectivity index is 1.78. The monoisotopic (exact) mass is 351 g/mol. The van der Waals surface area contributed by atoms with Crippen molar-refractivity contribution in [2.45, 2.75) is 26.3 Å². The van der Waals surface area contributed by atoms with Crippen LogP contribution in [0.2, 0.25) is 0 Å². The first-order chi connectivity index (χ1) is 12.5. The molecule has 0 unspecified atom stereocenters. The Bertz CT molecular complexity index is 1040. The topological polar surface area (TPSA) is 96.5 Å². The number of fused-ring (bicyclic) bond motifs is 2. The number of aryl methyl sites for hydroxylation is 2. The van der Waals surface area contributed by atoms with Crippen LogP contribution in [0.3, 0.4) is 0 Å². The zero-order valence-electron chi connectivity index (χ0n) is 14.4. The predicted octanol–water partition coefficient (Wildman–Crippen LogP) is 2.66. The van der Waals surface area contributed by atoms with E-state index in [1.807, 2.05) is 24.3 Å². The SMILES string of the molecule is Cc1cc(C(=O)N2Cc3ccccc3[C@@H](C(=O)O)C2)c2c(C)noc2n1. The predicted molar refractivity (Wildman–Crippen MR) is 92.8 cm³/mol. The molecule has 3 heterocycles. The van der Waals surface area contributed by atoms with Crippen molar-refractivity contribution in [1.82, 2.24) is 15.0 Å². The second-order valence-electron chi connectivity index (χ2n) is 6.53. The molecule has 1 aromatic carbocycles. The number of carbonyl (C=O) groups is 2. The molecule has 1 aliphatic rings. The fourth-order valence-electron chi connectivity index (χ4n) is 3.53. The smallest absolute Gasteiger partial charge is 0.312 e. The highest BCUT2D eigenvalue weighted by Crippen LogP contribution is 2.31. The number of rotatable bonds is 2. The molecule has 4 rings (SSSR count). The molecule has 0 fully saturated rings. The zero-order chi connectivity index (χ0) is 18.4. The highest BCUT2D eigenvalue weighted by atomic mass is 16.5. The average Bonchev–Trinajstić information content (AvgIpc) is 3.00. The Morgan fingerprint density at radius 3 is 2.81 bits per heavy atom. The fraction of sp³-hybridized carbons (Fsp3) is 0.263. The standard InChI is InChI=1S/C19H17N3O4/c1-10-7-14(16-11(2)21-26-17(16)20-10)18(23)22-8-12-5-3-4-6-13(12)15(9-22)19(24)25/h3-7,15H,8-9H2,1-2H3,(H,24,25)/t15-/m0/s1. The van der Waals surface area contributed by atoms with Crippen molar-refractivity contribution in [1.29, 1.82) is 0 Å². The van der Waals surface area contributed by atoms with E-state index in [4.69, 9.17) is 4.52 Å². The van der Waals surface area contributed by atoms with Crippen LogP contribution in [-0.4, -0.2) is 38.6 Å². The maximum Gasteiger partial charge on any atom is 0.312 e. The van der Waals surface area contributed by atoms with Gasteiger partial charge in [-0.1, -0.05) is 29.4 Å². The Morgan fingerprint density at radius 2 is 2.04 bits per heavy atom. The van der Waals surface area contributed by atoms with E-state index in [9.17, 15) is 14.7 Å². The lowest BCUT2D eigenvalue weighted by molar-refractivity contribution is -0.139. The van der Waals surface area contributed by atoms with Crippen molar-refractivity contribution in [3.8, 4) is 0 Å². The van der Waals surface area contributed by atoms with Gasteiger partial charge in [-0.2, -0.15) is 0 Å². The van der Waals surface area contributed by atoms with Crippen LogP contribution in [0.1, 0.15) is 38.8 Å². The maximum absolute atomic E-state index is 13.2. The number of benzene rings is 1. The van der Waals surface area contributed by atoms with Gasteiger partial charge >= 0.3 is 5.97 Å². The molecule has 0 radical (unpaired) electrons. The minimum absolute atomic E-state index is 0.123. The van der Waals surface area contributed by atoms with E-state index in [1.165, 1.54) is 0 Å². The van der Waals surface area contributed by atoms with Gasteiger partial charge in [0.05, 0.1) is 22.6 Å². The van der Waals surface area contributed by atoms with Crippen LogP contribution in [0.25, 0.3) is 11.1 Å². The van der Waals surface area contributed by atoms with Gasteiger partial charge in [0.2, 0.25) is 0 Å². The summed E-state index contributed by atoms with van der Waals surface area (Å²) < 4.78 is 5.20. The first-order valence-electron chi connectivity index (χ1n) is 8.29. The highest BCUT2D eigenvalue weighted by Gasteiger charge is 2.33. The molecule has 26 heavy (non-hydrogen) atoms. The average molecular weight is 351 g/mol. The van der Waals surface area contributed by atoms with Crippen molar-refractivity contribution < 1.29 is 19.2 Å². The van der Waals surface area contributed by atoms with Gasteiger partial charge in [0.1, 0.15) is 0 Å². The minimum Gasteiger partial charge on any atom is -0.481 e. The quantitative estimate of drug-likeness (QED) is 0.762. The highest BCUT2D eigenvalue weighted by molar-refractivity contribution is 6.06. The number of carbonyl (C=O) groups excluding carboxylic acids is 1. The molecule has 132 valence electrons. The van der Waals surface area contributed by atoms with Gasteiger partial charge in [0.25, 0.3) is 11.6 Å². The van der Waals surface area contributed by atoms with Crippen molar-refractivity contribution in [2.75, 3.05) is 6.54 Å². The summed E-state index contributed by atoms with van der Waals surface area (Å²) in [4.78, 5) is 30.8. The number of nitrogens with zero attached hydrogens (tertiary/aromatic N) is 3. The third-order valence-electron chi connectivity index (χ3n) is 4.76. The molecule has 3 aromatic rings. The van der Waals surface area contributed by atoms with Gasteiger partial charge in [-0.15, -0.1) is 0 Å². The van der Waals surface area contributed by atoms with E-state index in [2.05, 4.69) is 10.1 Å². The number of aliphatic carboxylic acids is 1. The lowest BCUT2D eigenvalue weighted by atomic mass is 9.89. The van der Waals surface area contributed by atoms with Crippen LogP contribution in [0.15, 0.2) is 34.9 Å². The lowest BCUT2D eigenvalue weighted by Gasteiger charge is -2.33. The molecule has 0 saturated carbocycles. The molecule has 1 N–H and O–H groups in total. The van der Waals surface area contributed by atoms with Gasteiger partial charge < -0.3 is 14.5 Å². The third-order valence-corrected chi connectivity index (χ3v) is 4.76. The van der Waals surface area contributed by atoms with E-state index in [1.54, 1.807) is 24.8 Å². The van der Waals surface area contributed by atoms with Crippen molar-refractivity contribution in [3.05, 3.63) is 58.4 Å². The van der Waals surface area contributed by atoms with E-state index >= 15 is 0 Å². The number of pyridine rings is 1. The molecule has 7 nitrogen and oxygen atoms in total. The Morgan fingerprint density at radius 1 is 1.27 bits per heavy atom. The van der Waals surface area contributed by atoms with Crippen LogP contribution >= 0.6 is 0 Å². The molecule has 0 bridgehead atoms. The number of hydrogen-bond acceptors (Lipinski definition) is 5. The lowest BCUT2D eigenvalue weighted by Crippen LogP contribution is -2.40. The first-order valence-corrected chi connectivity index (χ1v) is 8.29. The van der Waals surface area contributed by atoms with Crippen LogP contribution in [0, 0.1) is 13.8 Å². The Labute approximate surface area is 149 Å². The molecule has 1 aliphatic heterocycles. The Kier molecular flexibility index (Phi) is 3.72. The van der Waals surface area contributed by atoms with Crippen LogP contribution in [0.5, 0.6) is 0 Å². The molecule has 1 atom stereocenters. The van der Waals surface area contributed by atoms with Crippen LogP contribution < -0.4 is 0 Å². The van der Waals surface area contributed by atoms with Crippen molar-refractivity contribution >= 4 is 23.0 Å². The third kappa shape index (κ3) is 2.52. The molecule has 1 amide bonds. The Hall–Kier alpha value is -3.22. The van der Waals surface area contributed by atoms with Crippen molar-refractivity contribution in [3.63, 3.8) is 0 Å². The van der Waals surface area contributed by atoms with E-state index in [0.29, 0.717) is 34.6 Å².